The van der Waals surface area contributed by atoms with E-state index in [2.05, 4.69) is 27.9 Å². The molecule has 1 N–H and O–H groups in total. The summed E-state index contributed by atoms with van der Waals surface area (Å²) in [5.41, 5.74) is 1.75. The number of allylic oxidation sites excluding steroid dienone is 1. The Morgan fingerprint density at radius 1 is 1.50 bits per heavy atom. The second kappa shape index (κ2) is 6.52. The predicted octanol–water partition coefficient (Wildman–Crippen LogP) is 3.17. The fourth-order valence-corrected chi connectivity index (χ4v) is 1.69. The summed E-state index contributed by atoms with van der Waals surface area (Å²) >= 11 is 2.24. The Hall–Kier alpha value is -1.04. The van der Waals surface area contributed by atoms with Gasteiger partial charge in [0.15, 0.2) is 0 Å². The largest absolute Gasteiger partial charge is 0.463 e. The van der Waals surface area contributed by atoms with Crippen LogP contribution in [0.2, 0.25) is 0 Å². The van der Waals surface area contributed by atoms with E-state index in [9.17, 15) is 4.79 Å². The monoisotopic (exact) mass is 331 g/mol. The first kappa shape index (κ1) is 13.0. The molecule has 86 valence electrons. The molecule has 0 aliphatic carbocycles. The number of nitrogens with one attached hydrogen (secondary N) is 1. The molecular weight excluding hydrogens is 317 g/mol. The highest BCUT2D eigenvalue weighted by Crippen LogP contribution is 2.18. The first-order valence-electron chi connectivity index (χ1n) is 5.00. The van der Waals surface area contributed by atoms with Crippen molar-refractivity contribution < 1.29 is 9.53 Å². The summed E-state index contributed by atoms with van der Waals surface area (Å²) in [4.78, 5) is 11.2. The zero-order chi connectivity index (χ0) is 12.0. The van der Waals surface area contributed by atoms with Gasteiger partial charge in [0.1, 0.15) is 0 Å². The number of esters is 1. The van der Waals surface area contributed by atoms with Crippen molar-refractivity contribution in [1.82, 2.24) is 0 Å². The molecule has 0 bridgehead atoms. The van der Waals surface area contributed by atoms with E-state index in [0.29, 0.717) is 6.61 Å². The predicted molar refractivity (Wildman–Crippen MR) is 73.2 cm³/mol. The third-order valence-corrected chi connectivity index (χ3v) is 2.77. The van der Waals surface area contributed by atoms with Crippen molar-refractivity contribution >= 4 is 34.2 Å². The van der Waals surface area contributed by atoms with Crippen LogP contribution in [0.4, 0.5) is 5.69 Å². The number of halogens is 1. The quantitative estimate of drug-likeness (QED) is 0.523. The number of ether oxygens (including phenoxy) is 1. The SMILES string of the molecule is CCOC(=O)/C=C(\C)Nc1ccccc1I. The fourth-order valence-electron chi connectivity index (χ4n) is 1.17. The maximum Gasteiger partial charge on any atom is 0.332 e. The summed E-state index contributed by atoms with van der Waals surface area (Å²) in [7, 11) is 0. The molecule has 1 aromatic rings. The van der Waals surface area contributed by atoms with Crippen molar-refractivity contribution in [3.05, 3.63) is 39.6 Å². The van der Waals surface area contributed by atoms with Gasteiger partial charge >= 0.3 is 5.97 Å². The number of para-hydroxylation sites is 1. The summed E-state index contributed by atoms with van der Waals surface area (Å²) in [6, 6.07) is 7.88. The van der Waals surface area contributed by atoms with Crippen LogP contribution in [0, 0.1) is 3.57 Å². The lowest BCUT2D eigenvalue weighted by Crippen LogP contribution is -2.04. The molecule has 0 aromatic heterocycles. The second-order valence-corrected chi connectivity index (χ2v) is 4.35. The molecule has 0 saturated heterocycles. The minimum Gasteiger partial charge on any atom is -0.463 e. The van der Waals surface area contributed by atoms with Crippen LogP contribution in [0.3, 0.4) is 0 Å². The lowest BCUT2D eigenvalue weighted by molar-refractivity contribution is -0.137. The molecule has 0 amide bonds. The van der Waals surface area contributed by atoms with Gasteiger partial charge in [0, 0.05) is 15.3 Å². The molecule has 0 spiro atoms. The molecule has 4 heteroatoms. The Balaban J connectivity index is 2.67. The van der Waals surface area contributed by atoms with E-state index in [1.165, 1.54) is 6.08 Å². The van der Waals surface area contributed by atoms with Crippen molar-refractivity contribution in [2.45, 2.75) is 13.8 Å². The molecule has 0 radical (unpaired) electrons. The summed E-state index contributed by atoms with van der Waals surface area (Å²) in [5.74, 6) is -0.321. The molecular formula is C12H14INO2. The highest BCUT2D eigenvalue weighted by molar-refractivity contribution is 14.1. The number of carbonyl (C=O) groups excluding carboxylic acids is 1. The van der Waals surface area contributed by atoms with Gasteiger partial charge in [-0.15, -0.1) is 0 Å². The zero-order valence-corrected chi connectivity index (χ0v) is 11.4. The van der Waals surface area contributed by atoms with E-state index in [-0.39, 0.29) is 5.97 Å². The first-order chi connectivity index (χ1) is 7.63. The molecule has 0 aliphatic rings. The topological polar surface area (TPSA) is 38.3 Å². The maximum atomic E-state index is 11.2. The first-order valence-corrected chi connectivity index (χ1v) is 6.08. The van der Waals surface area contributed by atoms with Crippen LogP contribution in [0.1, 0.15) is 13.8 Å². The van der Waals surface area contributed by atoms with Gasteiger partial charge in [-0.1, -0.05) is 12.1 Å². The van der Waals surface area contributed by atoms with Gasteiger partial charge in [0.2, 0.25) is 0 Å². The van der Waals surface area contributed by atoms with E-state index < -0.39 is 0 Å². The fraction of sp³-hybridized carbons (Fsp3) is 0.250. The normalized spacial score (nSPS) is 11.1. The highest BCUT2D eigenvalue weighted by Gasteiger charge is 2.00. The number of hydrogen-bond donors (Lipinski definition) is 1. The highest BCUT2D eigenvalue weighted by atomic mass is 127. The number of anilines is 1. The molecule has 0 unspecified atom stereocenters. The van der Waals surface area contributed by atoms with E-state index in [1.54, 1.807) is 6.92 Å². The molecule has 0 atom stereocenters. The van der Waals surface area contributed by atoms with Crippen LogP contribution < -0.4 is 5.32 Å². The average Bonchev–Trinajstić information content (AvgIpc) is 2.21. The Bertz CT molecular complexity index is 402. The summed E-state index contributed by atoms with van der Waals surface area (Å²) in [6.45, 7) is 4.01. The van der Waals surface area contributed by atoms with Gasteiger partial charge in [-0.05, 0) is 48.6 Å². The number of carbonyl (C=O) groups is 1. The lowest BCUT2D eigenvalue weighted by Gasteiger charge is -2.08. The van der Waals surface area contributed by atoms with E-state index >= 15 is 0 Å². The molecule has 3 nitrogen and oxygen atoms in total. The summed E-state index contributed by atoms with van der Waals surface area (Å²) in [5, 5.41) is 3.15. The molecule has 1 rings (SSSR count). The van der Waals surface area contributed by atoms with Crippen LogP contribution in [0.5, 0.6) is 0 Å². The Labute approximate surface area is 109 Å². The Kier molecular flexibility index (Phi) is 5.31. The third-order valence-electron chi connectivity index (χ3n) is 1.83. The Morgan fingerprint density at radius 2 is 2.19 bits per heavy atom. The van der Waals surface area contributed by atoms with Gasteiger partial charge in [-0.3, -0.25) is 0 Å². The summed E-state index contributed by atoms with van der Waals surface area (Å²) < 4.78 is 5.93. The van der Waals surface area contributed by atoms with Gasteiger partial charge in [-0.2, -0.15) is 0 Å². The van der Waals surface area contributed by atoms with Gasteiger partial charge < -0.3 is 10.1 Å². The molecule has 16 heavy (non-hydrogen) atoms. The number of benzene rings is 1. The van der Waals surface area contributed by atoms with Crippen LogP contribution >= 0.6 is 22.6 Å². The number of rotatable bonds is 4. The molecule has 1 aromatic carbocycles. The smallest absolute Gasteiger partial charge is 0.332 e. The van der Waals surface area contributed by atoms with Crippen LogP contribution in [0.25, 0.3) is 0 Å². The Morgan fingerprint density at radius 3 is 2.81 bits per heavy atom. The molecule has 0 fully saturated rings. The van der Waals surface area contributed by atoms with Crippen LogP contribution in [0.15, 0.2) is 36.0 Å². The third kappa shape index (κ3) is 4.22. The molecule has 0 heterocycles. The van der Waals surface area contributed by atoms with Crippen LogP contribution in [-0.2, 0) is 9.53 Å². The van der Waals surface area contributed by atoms with Crippen molar-refractivity contribution in [1.29, 1.82) is 0 Å². The minimum absolute atomic E-state index is 0.321. The lowest BCUT2D eigenvalue weighted by atomic mass is 10.3. The van der Waals surface area contributed by atoms with Crippen LogP contribution in [-0.4, -0.2) is 12.6 Å². The second-order valence-electron chi connectivity index (χ2n) is 3.18. The van der Waals surface area contributed by atoms with E-state index in [0.717, 1.165) is 15.0 Å². The van der Waals surface area contributed by atoms with Crippen molar-refractivity contribution in [3.8, 4) is 0 Å². The van der Waals surface area contributed by atoms with E-state index in [4.69, 9.17) is 4.74 Å². The van der Waals surface area contributed by atoms with Crippen molar-refractivity contribution in [3.63, 3.8) is 0 Å². The standard InChI is InChI=1S/C12H14INO2/c1-3-16-12(15)8-9(2)14-11-7-5-4-6-10(11)13/h4-8,14H,3H2,1-2H3/b9-8+. The summed E-state index contributed by atoms with van der Waals surface area (Å²) in [6.07, 6.45) is 1.45. The van der Waals surface area contributed by atoms with Gasteiger partial charge in [0.25, 0.3) is 0 Å². The average molecular weight is 331 g/mol. The van der Waals surface area contributed by atoms with E-state index in [1.807, 2.05) is 31.2 Å². The zero-order valence-electron chi connectivity index (χ0n) is 9.29. The van der Waals surface area contributed by atoms with Crippen molar-refractivity contribution in [2.24, 2.45) is 0 Å². The minimum atomic E-state index is -0.321. The molecule has 0 aliphatic heterocycles. The van der Waals surface area contributed by atoms with Crippen molar-refractivity contribution in [2.75, 3.05) is 11.9 Å². The van der Waals surface area contributed by atoms with Gasteiger partial charge in [0.05, 0.1) is 12.3 Å². The number of hydrogen-bond acceptors (Lipinski definition) is 3. The molecule has 0 saturated carbocycles. The van der Waals surface area contributed by atoms with Gasteiger partial charge in [-0.25, -0.2) is 4.79 Å². The maximum absolute atomic E-state index is 11.2.